The molecule has 1 atom stereocenters. The maximum Gasteiger partial charge on any atom is 0.251 e. The van der Waals surface area contributed by atoms with Crippen LogP contribution in [0.1, 0.15) is 11.6 Å². The first-order valence-corrected chi connectivity index (χ1v) is 6.56. The van der Waals surface area contributed by atoms with Crippen molar-refractivity contribution >= 4 is 33.2 Å². The highest BCUT2D eigenvalue weighted by Gasteiger charge is 2.30. The van der Waals surface area contributed by atoms with Gasteiger partial charge in [0.15, 0.2) is 0 Å². The van der Waals surface area contributed by atoms with E-state index in [0.717, 1.165) is 15.7 Å². The van der Waals surface area contributed by atoms with Crippen LogP contribution >= 0.6 is 15.9 Å². The maximum absolute atomic E-state index is 13.6. The molecule has 2 aromatic rings. The number of hydrogen-bond acceptors (Lipinski definition) is 2. The lowest BCUT2D eigenvalue weighted by atomic mass is 10.1. The zero-order valence-corrected chi connectivity index (χ0v) is 11.4. The summed E-state index contributed by atoms with van der Waals surface area (Å²) in [6.45, 7) is 0. The molecule has 0 spiro atoms. The smallest absolute Gasteiger partial charge is 0.251 e. The second-order valence-corrected chi connectivity index (χ2v) is 5.19. The van der Waals surface area contributed by atoms with E-state index in [-0.39, 0.29) is 11.7 Å². The molecule has 1 aliphatic heterocycles. The minimum Gasteiger partial charge on any atom is -0.368 e. The summed E-state index contributed by atoms with van der Waals surface area (Å²) in [7, 11) is 0. The molecule has 0 saturated carbocycles. The third-order valence-electron chi connectivity index (χ3n) is 3.02. The molecule has 1 aliphatic rings. The molecule has 1 amide bonds. The Bertz CT molecular complexity index is 660. The van der Waals surface area contributed by atoms with Crippen molar-refractivity contribution in [1.82, 2.24) is 0 Å². The summed E-state index contributed by atoms with van der Waals surface area (Å²) >= 11 is 3.35. The van der Waals surface area contributed by atoms with Crippen molar-refractivity contribution in [2.45, 2.75) is 6.04 Å². The van der Waals surface area contributed by atoms with Crippen LogP contribution in [-0.4, -0.2) is 5.91 Å². The van der Waals surface area contributed by atoms with Crippen LogP contribution in [-0.2, 0) is 4.79 Å². The van der Waals surface area contributed by atoms with E-state index in [1.165, 1.54) is 6.07 Å². The Morgan fingerprint density at radius 3 is 2.79 bits per heavy atom. The lowest BCUT2D eigenvalue weighted by Crippen LogP contribution is -2.20. The molecule has 0 aliphatic carbocycles. The first kappa shape index (κ1) is 12.2. The zero-order chi connectivity index (χ0) is 13.4. The Labute approximate surface area is 118 Å². The quantitative estimate of drug-likeness (QED) is 0.886. The largest absolute Gasteiger partial charge is 0.368 e. The fourth-order valence-electron chi connectivity index (χ4n) is 2.11. The Kier molecular flexibility index (Phi) is 2.98. The fraction of sp³-hybridized carbons (Fsp3) is 0.0714. The number of amides is 1. The van der Waals surface area contributed by atoms with Gasteiger partial charge in [-0.2, -0.15) is 0 Å². The summed E-state index contributed by atoms with van der Waals surface area (Å²) in [6, 6.07) is 11.3. The van der Waals surface area contributed by atoms with Crippen LogP contribution < -0.4 is 10.6 Å². The normalized spacial score (nSPS) is 16.9. The van der Waals surface area contributed by atoms with Gasteiger partial charge in [0.05, 0.1) is 5.69 Å². The predicted octanol–water partition coefficient (Wildman–Crippen LogP) is 3.69. The summed E-state index contributed by atoms with van der Waals surface area (Å²) in [5, 5.41) is 5.71. The number of fused-ring (bicyclic) bond motifs is 1. The fourth-order valence-corrected chi connectivity index (χ4v) is 2.47. The number of rotatable bonds is 2. The Balaban J connectivity index is 1.95. The van der Waals surface area contributed by atoms with Crippen molar-refractivity contribution in [2.24, 2.45) is 0 Å². The molecule has 2 N–H and O–H groups in total. The molecule has 0 fully saturated rings. The molecule has 19 heavy (non-hydrogen) atoms. The number of nitrogens with one attached hydrogen (secondary N) is 2. The lowest BCUT2D eigenvalue weighted by molar-refractivity contribution is -0.116. The maximum atomic E-state index is 13.6. The summed E-state index contributed by atoms with van der Waals surface area (Å²) in [5.74, 6) is -0.558. The molecule has 3 rings (SSSR count). The van der Waals surface area contributed by atoms with E-state index in [1.807, 2.05) is 18.2 Å². The number of hydrogen-bond donors (Lipinski definition) is 2. The Morgan fingerprint density at radius 1 is 1.21 bits per heavy atom. The molecule has 2 aromatic carbocycles. The van der Waals surface area contributed by atoms with Gasteiger partial charge in [0.25, 0.3) is 5.91 Å². The van der Waals surface area contributed by atoms with Crippen molar-refractivity contribution in [3.05, 3.63) is 58.3 Å². The van der Waals surface area contributed by atoms with Crippen molar-refractivity contribution in [2.75, 3.05) is 10.6 Å². The van der Waals surface area contributed by atoms with Crippen LogP contribution in [0.5, 0.6) is 0 Å². The molecular weight excluding hydrogens is 311 g/mol. The van der Waals surface area contributed by atoms with Gasteiger partial charge in [-0.1, -0.05) is 34.1 Å². The number of carbonyl (C=O) groups excluding carboxylic acids is 1. The molecular formula is C14H10BrFN2O. The van der Waals surface area contributed by atoms with Gasteiger partial charge in [0.1, 0.15) is 11.9 Å². The number of benzene rings is 2. The minimum absolute atomic E-state index is 0.184. The first-order valence-electron chi connectivity index (χ1n) is 5.76. The number of para-hydroxylation sites is 1. The SMILES string of the molecule is O=C1Nc2cc(Br)ccc2C1Nc1ccccc1F. The molecule has 0 aromatic heterocycles. The van der Waals surface area contributed by atoms with E-state index in [0.29, 0.717) is 5.69 Å². The van der Waals surface area contributed by atoms with Gasteiger partial charge in [-0.05, 0) is 24.3 Å². The van der Waals surface area contributed by atoms with Gasteiger partial charge in [-0.15, -0.1) is 0 Å². The third kappa shape index (κ3) is 2.21. The van der Waals surface area contributed by atoms with Crippen molar-refractivity contribution in [3.63, 3.8) is 0 Å². The second kappa shape index (κ2) is 4.66. The van der Waals surface area contributed by atoms with Crippen molar-refractivity contribution in [1.29, 1.82) is 0 Å². The van der Waals surface area contributed by atoms with Gasteiger partial charge in [-0.3, -0.25) is 4.79 Å². The van der Waals surface area contributed by atoms with Crippen LogP contribution in [0.3, 0.4) is 0 Å². The van der Waals surface area contributed by atoms with E-state index in [1.54, 1.807) is 18.2 Å². The first-order chi connectivity index (χ1) is 9.15. The van der Waals surface area contributed by atoms with E-state index >= 15 is 0 Å². The average Bonchev–Trinajstić information content (AvgIpc) is 2.68. The Hall–Kier alpha value is -1.88. The highest BCUT2D eigenvalue weighted by atomic mass is 79.9. The van der Waals surface area contributed by atoms with Crippen LogP contribution in [0.15, 0.2) is 46.9 Å². The van der Waals surface area contributed by atoms with Crippen LogP contribution in [0.4, 0.5) is 15.8 Å². The summed E-state index contributed by atoms with van der Waals surface area (Å²) in [5.41, 5.74) is 1.88. The van der Waals surface area contributed by atoms with Gasteiger partial charge in [0.2, 0.25) is 0 Å². The molecule has 0 radical (unpaired) electrons. The molecule has 1 heterocycles. The number of halogens is 2. The van der Waals surface area contributed by atoms with Gasteiger partial charge in [0, 0.05) is 15.7 Å². The predicted molar refractivity (Wildman–Crippen MR) is 75.5 cm³/mol. The second-order valence-electron chi connectivity index (χ2n) is 4.28. The van der Waals surface area contributed by atoms with Crippen LogP contribution in [0, 0.1) is 5.82 Å². The Morgan fingerprint density at radius 2 is 2.00 bits per heavy atom. The summed E-state index contributed by atoms with van der Waals surface area (Å²) in [4.78, 5) is 11.9. The van der Waals surface area contributed by atoms with Crippen LogP contribution in [0.2, 0.25) is 0 Å². The highest BCUT2D eigenvalue weighted by molar-refractivity contribution is 9.10. The standard InChI is InChI=1S/C14H10BrFN2O/c15-8-5-6-9-12(7-8)18-14(19)13(9)17-11-4-2-1-3-10(11)16/h1-7,13,17H,(H,18,19). The lowest BCUT2D eigenvalue weighted by Gasteiger charge is -2.13. The zero-order valence-electron chi connectivity index (χ0n) is 9.78. The summed E-state index contributed by atoms with van der Waals surface area (Å²) < 4.78 is 14.5. The molecule has 0 bridgehead atoms. The van der Waals surface area contributed by atoms with E-state index in [9.17, 15) is 9.18 Å². The van der Waals surface area contributed by atoms with Crippen molar-refractivity contribution in [3.8, 4) is 0 Å². The molecule has 0 saturated heterocycles. The van der Waals surface area contributed by atoms with E-state index < -0.39 is 6.04 Å². The van der Waals surface area contributed by atoms with Gasteiger partial charge in [-0.25, -0.2) is 4.39 Å². The van der Waals surface area contributed by atoms with Gasteiger partial charge < -0.3 is 10.6 Å². The molecule has 3 nitrogen and oxygen atoms in total. The number of anilines is 2. The van der Waals surface area contributed by atoms with Crippen molar-refractivity contribution < 1.29 is 9.18 Å². The molecule has 5 heteroatoms. The topological polar surface area (TPSA) is 41.1 Å². The van der Waals surface area contributed by atoms with E-state index in [2.05, 4.69) is 26.6 Å². The monoisotopic (exact) mass is 320 g/mol. The van der Waals surface area contributed by atoms with Crippen LogP contribution in [0.25, 0.3) is 0 Å². The highest BCUT2D eigenvalue weighted by Crippen LogP contribution is 2.35. The molecule has 96 valence electrons. The third-order valence-corrected chi connectivity index (χ3v) is 3.51. The molecule has 1 unspecified atom stereocenters. The minimum atomic E-state index is -0.569. The summed E-state index contributed by atoms with van der Waals surface area (Å²) in [6.07, 6.45) is 0. The van der Waals surface area contributed by atoms with E-state index in [4.69, 9.17) is 0 Å². The average molecular weight is 321 g/mol. The van der Waals surface area contributed by atoms with Gasteiger partial charge >= 0.3 is 0 Å². The number of carbonyl (C=O) groups is 1.